The van der Waals surface area contributed by atoms with Crippen LogP contribution in [0.15, 0.2) is 36.4 Å². The molecule has 0 atom stereocenters. The fraction of sp³-hybridized carbons (Fsp3) is 0.235. The summed E-state index contributed by atoms with van der Waals surface area (Å²) < 4.78 is 25.9. The summed E-state index contributed by atoms with van der Waals surface area (Å²) in [5, 5.41) is 2.58. The van der Waals surface area contributed by atoms with Crippen LogP contribution in [0.5, 0.6) is 0 Å². The first-order valence-electron chi connectivity index (χ1n) is 6.97. The Morgan fingerprint density at radius 1 is 1.00 bits per heavy atom. The first kappa shape index (κ1) is 13.7. The predicted octanol–water partition coefficient (Wildman–Crippen LogP) is 3.63. The molecule has 0 radical (unpaired) electrons. The third kappa shape index (κ3) is 3.10. The number of carbonyl (C=O) groups is 1. The summed E-state index contributed by atoms with van der Waals surface area (Å²) in [5.41, 5.74) is 3.88. The molecule has 21 heavy (non-hydrogen) atoms. The molecule has 1 N–H and O–H groups in total. The number of halogens is 2. The molecule has 3 rings (SSSR count). The van der Waals surface area contributed by atoms with Crippen molar-refractivity contribution in [3.63, 3.8) is 0 Å². The van der Waals surface area contributed by atoms with Crippen LogP contribution in [-0.2, 0) is 24.1 Å². The fourth-order valence-corrected chi connectivity index (χ4v) is 2.70. The topological polar surface area (TPSA) is 29.1 Å². The van der Waals surface area contributed by atoms with Crippen LogP contribution in [-0.4, -0.2) is 5.91 Å². The van der Waals surface area contributed by atoms with E-state index in [-0.39, 0.29) is 18.0 Å². The minimum atomic E-state index is -0.967. The molecule has 0 fully saturated rings. The summed E-state index contributed by atoms with van der Waals surface area (Å²) in [6.07, 6.45) is 3.57. The van der Waals surface area contributed by atoms with Gasteiger partial charge < -0.3 is 5.32 Å². The molecule has 0 unspecified atom stereocenters. The fourth-order valence-electron chi connectivity index (χ4n) is 2.70. The highest BCUT2D eigenvalue weighted by Gasteiger charge is 2.12. The molecule has 1 amide bonds. The Bertz CT molecular complexity index is 697. The predicted molar refractivity (Wildman–Crippen MR) is 77.2 cm³/mol. The zero-order valence-corrected chi connectivity index (χ0v) is 11.5. The van der Waals surface area contributed by atoms with Gasteiger partial charge in [-0.15, -0.1) is 0 Å². The molecule has 0 saturated heterocycles. The number of hydrogen-bond acceptors (Lipinski definition) is 1. The summed E-state index contributed by atoms with van der Waals surface area (Å²) in [5.74, 6) is -2.13. The molecular formula is C17H15F2NO. The van der Waals surface area contributed by atoms with E-state index >= 15 is 0 Å². The van der Waals surface area contributed by atoms with Gasteiger partial charge in [-0.2, -0.15) is 0 Å². The normalized spacial score (nSPS) is 13.0. The SMILES string of the molecule is O=C(Cc1ccc2c(c1)CCC2)Nc1ccc(F)c(F)c1. The van der Waals surface area contributed by atoms with Crippen LogP contribution < -0.4 is 5.32 Å². The van der Waals surface area contributed by atoms with Crippen LogP contribution in [0, 0.1) is 11.6 Å². The number of fused-ring (bicyclic) bond motifs is 1. The van der Waals surface area contributed by atoms with E-state index in [0.29, 0.717) is 0 Å². The number of aryl methyl sites for hydroxylation is 2. The van der Waals surface area contributed by atoms with Gasteiger partial charge in [-0.25, -0.2) is 8.78 Å². The van der Waals surface area contributed by atoms with Crippen molar-refractivity contribution in [1.29, 1.82) is 0 Å². The number of carbonyl (C=O) groups excluding carboxylic acids is 1. The van der Waals surface area contributed by atoms with E-state index in [0.717, 1.165) is 30.5 Å². The van der Waals surface area contributed by atoms with Gasteiger partial charge in [0.2, 0.25) is 5.91 Å². The first-order chi connectivity index (χ1) is 10.1. The van der Waals surface area contributed by atoms with Crippen LogP contribution in [0.4, 0.5) is 14.5 Å². The molecule has 1 aliphatic rings. The zero-order valence-electron chi connectivity index (χ0n) is 11.5. The number of benzene rings is 2. The summed E-state index contributed by atoms with van der Waals surface area (Å²) in [6.45, 7) is 0. The van der Waals surface area contributed by atoms with Gasteiger partial charge in [-0.05, 0) is 48.1 Å². The van der Waals surface area contributed by atoms with E-state index < -0.39 is 11.6 Å². The van der Waals surface area contributed by atoms with E-state index in [1.54, 1.807) is 0 Å². The van der Waals surface area contributed by atoms with Crippen LogP contribution in [0.25, 0.3) is 0 Å². The highest BCUT2D eigenvalue weighted by atomic mass is 19.2. The summed E-state index contributed by atoms with van der Waals surface area (Å²) >= 11 is 0. The second-order valence-electron chi connectivity index (χ2n) is 5.31. The quantitative estimate of drug-likeness (QED) is 0.917. The molecule has 2 nitrogen and oxygen atoms in total. The third-order valence-electron chi connectivity index (χ3n) is 3.73. The smallest absolute Gasteiger partial charge is 0.228 e. The van der Waals surface area contributed by atoms with Crippen molar-refractivity contribution in [3.05, 3.63) is 64.7 Å². The Labute approximate surface area is 121 Å². The van der Waals surface area contributed by atoms with Gasteiger partial charge in [0.25, 0.3) is 0 Å². The Balaban J connectivity index is 1.67. The maximum absolute atomic E-state index is 13.1. The van der Waals surface area contributed by atoms with Gasteiger partial charge in [-0.3, -0.25) is 4.79 Å². The van der Waals surface area contributed by atoms with Crippen LogP contribution in [0.1, 0.15) is 23.1 Å². The number of nitrogens with one attached hydrogen (secondary N) is 1. The van der Waals surface area contributed by atoms with E-state index in [4.69, 9.17) is 0 Å². The molecule has 1 aliphatic carbocycles. The van der Waals surface area contributed by atoms with Gasteiger partial charge >= 0.3 is 0 Å². The molecule has 0 spiro atoms. The van der Waals surface area contributed by atoms with Gasteiger partial charge in [0, 0.05) is 11.8 Å². The second-order valence-corrected chi connectivity index (χ2v) is 5.31. The number of rotatable bonds is 3. The third-order valence-corrected chi connectivity index (χ3v) is 3.73. The number of amides is 1. The summed E-state index contributed by atoms with van der Waals surface area (Å²) in [4.78, 5) is 12.0. The van der Waals surface area contributed by atoms with Crippen LogP contribution in [0.2, 0.25) is 0 Å². The maximum atomic E-state index is 13.1. The maximum Gasteiger partial charge on any atom is 0.228 e. The largest absolute Gasteiger partial charge is 0.326 e. The Morgan fingerprint density at radius 3 is 2.62 bits per heavy atom. The monoisotopic (exact) mass is 287 g/mol. The molecule has 0 aliphatic heterocycles. The van der Waals surface area contributed by atoms with Crippen molar-refractivity contribution in [2.75, 3.05) is 5.32 Å². The van der Waals surface area contributed by atoms with E-state index in [2.05, 4.69) is 17.4 Å². The van der Waals surface area contributed by atoms with Gasteiger partial charge in [0.15, 0.2) is 11.6 Å². The number of anilines is 1. The second kappa shape index (κ2) is 5.64. The van der Waals surface area contributed by atoms with Crippen LogP contribution >= 0.6 is 0 Å². The molecule has 108 valence electrons. The lowest BCUT2D eigenvalue weighted by Crippen LogP contribution is -2.14. The minimum Gasteiger partial charge on any atom is -0.326 e. The lowest BCUT2D eigenvalue weighted by Gasteiger charge is -2.07. The lowest BCUT2D eigenvalue weighted by molar-refractivity contribution is -0.115. The average Bonchev–Trinajstić information content (AvgIpc) is 2.90. The lowest BCUT2D eigenvalue weighted by atomic mass is 10.0. The average molecular weight is 287 g/mol. The van der Waals surface area contributed by atoms with Crippen molar-refractivity contribution < 1.29 is 13.6 Å². The zero-order chi connectivity index (χ0) is 14.8. The highest BCUT2D eigenvalue weighted by Crippen LogP contribution is 2.23. The van der Waals surface area contributed by atoms with E-state index in [1.807, 2.05) is 6.07 Å². The Hall–Kier alpha value is -2.23. The van der Waals surface area contributed by atoms with Gasteiger partial charge in [0.1, 0.15) is 0 Å². The van der Waals surface area contributed by atoms with E-state index in [1.165, 1.54) is 23.6 Å². The molecule has 2 aromatic rings. The first-order valence-corrected chi connectivity index (χ1v) is 6.97. The minimum absolute atomic E-state index is 0.228. The highest BCUT2D eigenvalue weighted by molar-refractivity contribution is 5.92. The van der Waals surface area contributed by atoms with Crippen molar-refractivity contribution in [2.24, 2.45) is 0 Å². The molecule has 0 aromatic heterocycles. The molecule has 0 saturated carbocycles. The van der Waals surface area contributed by atoms with Gasteiger partial charge in [0.05, 0.1) is 6.42 Å². The van der Waals surface area contributed by atoms with Crippen molar-refractivity contribution in [1.82, 2.24) is 0 Å². The Kier molecular flexibility index (Phi) is 3.69. The Morgan fingerprint density at radius 2 is 1.81 bits per heavy atom. The molecular weight excluding hydrogens is 272 g/mol. The summed E-state index contributed by atoms with van der Waals surface area (Å²) in [6, 6.07) is 9.42. The van der Waals surface area contributed by atoms with Gasteiger partial charge in [-0.1, -0.05) is 18.2 Å². The van der Waals surface area contributed by atoms with Crippen molar-refractivity contribution >= 4 is 11.6 Å². The van der Waals surface area contributed by atoms with Crippen LogP contribution in [0.3, 0.4) is 0 Å². The molecule has 2 aromatic carbocycles. The molecule has 0 heterocycles. The van der Waals surface area contributed by atoms with Crippen molar-refractivity contribution in [3.8, 4) is 0 Å². The molecule has 0 bridgehead atoms. The molecule has 4 heteroatoms. The standard InChI is InChI=1S/C17H15F2NO/c18-15-7-6-14(10-16(15)19)20-17(21)9-11-4-5-12-2-1-3-13(12)8-11/h4-8,10H,1-3,9H2,(H,20,21). The number of hydrogen-bond donors (Lipinski definition) is 1. The van der Waals surface area contributed by atoms with E-state index in [9.17, 15) is 13.6 Å². The van der Waals surface area contributed by atoms with Crippen molar-refractivity contribution in [2.45, 2.75) is 25.7 Å². The summed E-state index contributed by atoms with van der Waals surface area (Å²) in [7, 11) is 0.